The van der Waals surface area contributed by atoms with Crippen LogP contribution in [-0.4, -0.2) is 62.9 Å². The molecule has 0 spiro atoms. The van der Waals surface area contributed by atoms with E-state index in [1.54, 1.807) is 19.1 Å². The van der Waals surface area contributed by atoms with Crippen molar-refractivity contribution in [2.24, 2.45) is 0 Å². The van der Waals surface area contributed by atoms with Gasteiger partial charge in [0.1, 0.15) is 5.70 Å². The highest BCUT2D eigenvalue weighted by atomic mass is 32.2. The third kappa shape index (κ3) is 4.05. The molecule has 8 nitrogen and oxygen atoms in total. The molecule has 1 aliphatic heterocycles. The molecule has 0 aliphatic carbocycles. The van der Waals surface area contributed by atoms with E-state index < -0.39 is 21.7 Å². The quantitative estimate of drug-likeness (QED) is 0.631. The average Bonchev–Trinajstić information content (AvgIpc) is 2.91. The minimum Gasteiger partial charge on any atom is -0.466 e. The Kier molecular flexibility index (Phi) is 6.38. The second-order valence-corrected chi connectivity index (χ2v) is 7.81. The number of carbonyl (C=O) groups excluding carboxylic acids is 2. The highest BCUT2D eigenvalue weighted by molar-refractivity contribution is 7.91. The van der Waals surface area contributed by atoms with Gasteiger partial charge in [-0.3, -0.25) is 4.79 Å². The molecule has 0 saturated carbocycles. The second kappa shape index (κ2) is 8.33. The van der Waals surface area contributed by atoms with Crippen molar-refractivity contribution in [3.05, 3.63) is 35.5 Å². The molecule has 142 valence electrons. The molecule has 0 saturated heterocycles. The minimum absolute atomic E-state index is 0.0156. The number of amides is 1. The third-order valence-electron chi connectivity index (χ3n) is 3.91. The van der Waals surface area contributed by atoms with Crippen LogP contribution >= 0.6 is 0 Å². The monoisotopic (exact) mass is 382 g/mol. The standard InChI is InChI=1S/C17H22N2O6S/c1-3-10-26(23,24)14-7-5-4-6-13(14)18-15-12(17(22)25-2)11-19(8-9-20)16(15)21/h4-7,18,20H,3,8-11H2,1-2H3. The zero-order chi connectivity index (χ0) is 19.3. The number of benzene rings is 1. The number of esters is 1. The van der Waals surface area contributed by atoms with Crippen molar-refractivity contribution in [2.45, 2.75) is 18.2 Å². The third-order valence-corrected chi connectivity index (χ3v) is 5.88. The molecule has 0 atom stereocenters. The molecule has 1 amide bonds. The van der Waals surface area contributed by atoms with Gasteiger partial charge in [-0.2, -0.15) is 0 Å². The number of sulfone groups is 1. The van der Waals surface area contributed by atoms with Crippen molar-refractivity contribution in [2.75, 3.05) is 37.9 Å². The Labute approximate surface area is 152 Å². The van der Waals surface area contributed by atoms with Crippen LogP contribution in [0, 0.1) is 0 Å². The first-order chi connectivity index (χ1) is 12.4. The van der Waals surface area contributed by atoms with Crippen molar-refractivity contribution >= 4 is 27.4 Å². The number of hydrogen-bond acceptors (Lipinski definition) is 7. The summed E-state index contributed by atoms with van der Waals surface area (Å²) in [5.41, 5.74) is 0.273. The zero-order valence-electron chi connectivity index (χ0n) is 14.7. The molecule has 1 aromatic rings. The first kappa shape index (κ1) is 19.9. The molecule has 1 aliphatic rings. The maximum Gasteiger partial charge on any atom is 0.337 e. The number of nitrogens with zero attached hydrogens (tertiary/aromatic N) is 1. The number of hydrogen-bond donors (Lipinski definition) is 2. The van der Waals surface area contributed by atoms with Crippen LogP contribution in [0.4, 0.5) is 5.69 Å². The van der Waals surface area contributed by atoms with Crippen LogP contribution in [0.1, 0.15) is 13.3 Å². The summed E-state index contributed by atoms with van der Waals surface area (Å²) in [6.07, 6.45) is 0.454. The van der Waals surface area contributed by atoms with E-state index >= 15 is 0 Å². The maximum atomic E-state index is 12.6. The van der Waals surface area contributed by atoms with Gasteiger partial charge in [0.2, 0.25) is 0 Å². The fourth-order valence-corrected chi connectivity index (χ4v) is 4.20. The molecule has 0 fully saturated rings. The van der Waals surface area contributed by atoms with Gasteiger partial charge < -0.3 is 20.1 Å². The van der Waals surface area contributed by atoms with Crippen LogP contribution in [0.5, 0.6) is 0 Å². The van der Waals surface area contributed by atoms with E-state index in [9.17, 15) is 18.0 Å². The molecule has 1 aromatic carbocycles. The van der Waals surface area contributed by atoms with Crippen LogP contribution in [0.25, 0.3) is 0 Å². The zero-order valence-corrected chi connectivity index (χ0v) is 15.5. The Balaban J connectivity index is 2.45. The molecular weight excluding hydrogens is 360 g/mol. The van der Waals surface area contributed by atoms with Gasteiger partial charge in [-0.15, -0.1) is 0 Å². The predicted molar refractivity (Wildman–Crippen MR) is 95.1 cm³/mol. The highest BCUT2D eigenvalue weighted by Gasteiger charge is 2.35. The summed E-state index contributed by atoms with van der Waals surface area (Å²) < 4.78 is 29.7. The molecule has 0 aromatic heterocycles. The fourth-order valence-electron chi connectivity index (χ4n) is 2.70. The summed E-state index contributed by atoms with van der Waals surface area (Å²) in [5, 5.41) is 11.9. The topological polar surface area (TPSA) is 113 Å². The molecule has 1 heterocycles. The maximum absolute atomic E-state index is 12.6. The SMILES string of the molecule is CCCS(=O)(=O)c1ccccc1NC1=C(C(=O)OC)CN(CCO)C1=O. The van der Waals surface area contributed by atoms with E-state index in [2.05, 4.69) is 5.32 Å². The number of aliphatic hydroxyl groups is 1. The van der Waals surface area contributed by atoms with Gasteiger partial charge in [-0.05, 0) is 18.6 Å². The van der Waals surface area contributed by atoms with E-state index in [-0.39, 0.29) is 47.3 Å². The van der Waals surface area contributed by atoms with Crippen LogP contribution in [0.3, 0.4) is 0 Å². The largest absolute Gasteiger partial charge is 0.466 e. The Hall–Kier alpha value is -2.39. The van der Waals surface area contributed by atoms with Crippen molar-refractivity contribution in [3.8, 4) is 0 Å². The summed E-state index contributed by atoms with van der Waals surface area (Å²) in [6.45, 7) is 1.55. The average molecular weight is 382 g/mol. The lowest BCUT2D eigenvalue weighted by atomic mass is 10.2. The molecular formula is C17H22N2O6S. The lowest BCUT2D eigenvalue weighted by Crippen LogP contribution is -2.31. The summed E-state index contributed by atoms with van der Waals surface area (Å²) in [5.74, 6) is -1.21. The molecule has 0 bridgehead atoms. The highest BCUT2D eigenvalue weighted by Crippen LogP contribution is 2.28. The summed E-state index contributed by atoms with van der Waals surface area (Å²) in [6, 6.07) is 6.22. The van der Waals surface area contributed by atoms with Gasteiger partial charge in [-0.25, -0.2) is 13.2 Å². The van der Waals surface area contributed by atoms with Crippen molar-refractivity contribution in [1.82, 2.24) is 4.90 Å². The Morgan fingerprint density at radius 2 is 2.04 bits per heavy atom. The van der Waals surface area contributed by atoms with E-state index in [1.165, 1.54) is 24.1 Å². The Morgan fingerprint density at radius 3 is 2.65 bits per heavy atom. The Morgan fingerprint density at radius 1 is 1.35 bits per heavy atom. The van der Waals surface area contributed by atoms with Crippen molar-refractivity contribution in [1.29, 1.82) is 0 Å². The summed E-state index contributed by atoms with van der Waals surface area (Å²) >= 11 is 0. The first-order valence-electron chi connectivity index (χ1n) is 8.16. The second-order valence-electron chi connectivity index (χ2n) is 5.74. The fraction of sp³-hybridized carbons (Fsp3) is 0.412. The van der Waals surface area contributed by atoms with Crippen molar-refractivity contribution in [3.63, 3.8) is 0 Å². The molecule has 0 radical (unpaired) electrons. The van der Waals surface area contributed by atoms with Gasteiger partial charge in [-0.1, -0.05) is 19.1 Å². The van der Waals surface area contributed by atoms with Gasteiger partial charge in [0.25, 0.3) is 5.91 Å². The number of methoxy groups -OCH3 is 1. The van der Waals surface area contributed by atoms with Gasteiger partial charge >= 0.3 is 5.97 Å². The van der Waals surface area contributed by atoms with E-state index in [0.29, 0.717) is 6.42 Å². The van der Waals surface area contributed by atoms with Crippen LogP contribution in [-0.2, 0) is 24.2 Å². The Bertz CT molecular complexity index is 831. The normalized spacial score (nSPS) is 14.7. The van der Waals surface area contributed by atoms with Crippen molar-refractivity contribution < 1.29 is 27.9 Å². The number of nitrogens with one attached hydrogen (secondary N) is 1. The van der Waals surface area contributed by atoms with E-state index in [0.717, 1.165) is 0 Å². The van der Waals surface area contributed by atoms with E-state index in [1.807, 2.05) is 0 Å². The number of aliphatic hydroxyl groups excluding tert-OH is 1. The first-order valence-corrected chi connectivity index (χ1v) is 9.81. The molecule has 2 N–H and O–H groups in total. The van der Waals surface area contributed by atoms with Crippen LogP contribution in [0.15, 0.2) is 40.4 Å². The lowest BCUT2D eigenvalue weighted by Gasteiger charge is -2.16. The number of carbonyl (C=O) groups is 2. The van der Waals surface area contributed by atoms with Gasteiger partial charge in [0, 0.05) is 6.54 Å². The number of para-hydroxylation sites is 1. The van der Waals surface area contributed by atoms with Crippen LogP contribution in [0.2, 0.25) is 0 Å². The summed E-state index contributed by atoms with van der Waals surface area (Å²) in [7, 11) is -2.33. The van der Waals surface area contributed by atoms with E-state index in [4.69, 9.17) is 9.84 Å². The molecule has 9 heteroatoms. The van der Waals surface area contributed by atoms with Gasteiger partial charge in [0.05, 0.1) is 42.2 Å². The smallest absolute Gasteiger partial charge is 0.337 e. The number of β-amino-alcohol motifs (C(OH)–C–C–N with tert-alkyl or cyclic N) is 1. The lowest BCUT2D eigenvalue weighted by molar-refractivity contribution is -0.136. The van der Waals surface area contributed by atoms with Gasteiger partial charge in [0.15, 0.2) is 9.84 Å². The molecule has 2 rings (SSSR count). The number of ether oxygens (including phenoxy) is 1. The summed E-state index contributed by atoms with van der Waals surface area (Å²) in [4.78, 5) is 25.9. The number of rotatable bonds is 8. The predicted octanol–water partition coefficient (Wildman–Crippen LogP) is 0.544. The molecule has 26 heavy (non-hydrogen) atoms. The van der Waals surface area contributed by atoms with Crippen LogP contribution < -0.4 is 5.32 Å². The minimum atomic E-state index is -3.53. The molecule has 0 unspecified atom stereocenters. The number of anilines is 1.